The molecule has 10 heteroatoms. The van der Waals surface area contributed by atoms with Crippen molar-refractivity contribution < 1.29 is 0 Å². The number of aromatic nitrogens is 5. The number of hydrogen-bond acceptors (Lipinski definition) is 7. The first kappa shape index (κ1) is 18.1. The number of aryl methyl sites for hydroxylation is 1. The predicted molar refractivity (Wildman–Crippen MR) is 114 cm³/mol. The molecule has 4 aromatic rings. The fraction of sp³-hybridized carbons (Fsp3) is 0.368. The van der Waals surface area contributed by atoms with E-state index in [0.717, 1.165) is 29.6 Å². The number of nitrogens with two attached hydrogens (primary N) is 1. The first-order valence-electron chi connectivity index (χ1n) is 9.56. The standard InChI is InChI=1S/C19H21N7O2S/c1-24-16-15(22-18(23-16)25-8-4-5-11(20)9-25)17(27)26(19(24)28)10-14-21-12-6-2-3-7-13(12)29-14/h2-3,6-7,11H,4-5,8-10,20H2,1H3,(H,22,23)/t11-/m1/s1. The molecule has 0 bridgehead atoms. The molecule has 1 aliphatic heterocycles. The Morgan fingerprint density at radius 2 is 2.10 bits per heavy atom. The Morgan fingerprint density at radius 3 is 2.90 bits per heavy atom. The number of nitrogens with zero attached hydrogens (tertiary/aromatic N) is 5. The van der Waals surface area contributed by atoms with Crippen LogP contribution in [0.25, 0.3) is 21.4 Å². The molecule has 0 radical (unpaired) electrons. The van der Waals surface area contributed by atoms with E-state index in [1.165, 1.54) is 20.5 Å². The number of piperidine rings is 1. The van der Waals surface area contributed by atoms with Gasteiger partial charge >= 0.3 is 5.69 Å². The van der Waals surface area contributed by atoms with Crippen molar-refractivity contribution in [3.63, 3.8) is 0 Å². The molecule has 29 heavy (non-hydrogen) atoms. The Morgan fingerprint density at radius 1 is 1.28 bits per heavy atom. The molecule has 3 aromatic heterocycles. The highest BCUT2D eigenvalue weighted by molar-refractivity contribution is 7.18. The molecule has 1 aliphatic rings. The van der Waals surface area contributed by atoms with Crippen LogP contribution >= 0.6 is 11.3 Å². The third-order valence-corrected chi connectivity index (χ3v) is 6.38. The minimum atomic E-state index is -0.407. The normalized spacial score (nSPS) is 17.4. The van der Waals surface area contributed by atoms with Crippen LogP contribution in [0.15, 0.2) is 33.9 Å². The summed E-state index contributed by atoms with van der Waals surface area (Å²) in [5.74, 6) is 0.583. The molecule has 3 N–H and O–H groups in total. The lowest BCUT2D eigenvalue weighted by atomic mass is 10.1. The van der Waals surface area contributed by atoms with Crippen LogP contribution < -0.4 is 21.9 Å². The number of H-pyrrole nitrogens is 1. The summed E-state index contributed by atoms with van der Waals surface area (Å²) in [5.41, 5.74) is 6.82. The van der Waals surface area contributed by atoms with Gasteiger partial charge in [0.25, 0.3) is 5.56 Å². The van der Waals surface area contributed by atoms with Crippen LogP contribution in [-0.2, 0) is 13.6 Å². The second kappa shape index (κ2) is 6.82. The molecule has 1 fully saturated rings. The molecular formula is C19H21N7O2S. The maximum absolute atomic E-state index is 13.1. The topological polar surface area (TPSA) is 115 Å². The summed E-state index contributed by atoms with van der Waals surface area (Å²) in [6, 6.07) is 7.84. The van der Waals surface area contributed by atoms with E-state index < -0.39 is 5.69 Å². The molecule has 0 spiro atoms. The van der Waals surface area contributed by atoms with E-state index in [4.69, 9.17) is 5.73 Å². The number of nitrogens with one attached hydrogen (secondary N) is 1. The summed E-state index contributed by atoms with van der Waals surface area (Å²) < 4.78 is 3.65. The lowest BCUT2D eigenvalue weighted by Gasteiger charge is -2.30. The Kier molecular flexibility index (Phi) is 4.25. The van der Waals surface area contributed by atoms with Gasteiger partial charge in [-0.3, -0.25) is 13.9 Å². The van der Waals surface area contributed by atoms with E-state index in [1.54, 1.807) is 7.05 Å². The van der Waals surface area contributed by atoms with Crippen molar-refractivity contribution in [2.24, 2.45) is 12.8 Å². The average molecular weight is 411 g/mol. The van der Waals surface area contributed by atoms with Crippen molar-refractivity contribution >= 4 is 38.7 Å². The first-order chi connectivity index (χ1) is 14.0. The van der Waals surface area contributed by atoms with Crippen LogP contribution in [0.4, 0.5) is 5.95 Å². The number of benzene rings is 1. The molecule has 0 aliphatic carbocycles. The van der Waals surface area contributed by atoms with Crippen molar-refractivity contribution in [2.75, 3.05) is 18.0 Å². The van der Waals surface area contributed by atoms with Crippen LogP contribution in [0.5, 0.6) is 0 Å². The lowest BCUT2D eigenvalue weighted by Crippen LogP contribution is -2.43. The van der Waals surface area contributed by atoms with E-state index in [9.17, 15) is 9.59 Å². The van der Waals surface area contributed by atoms with Gasteiger partial charge in [-0.05, 0) is 25.0 Å². The molecule has 0 saturated carbocycles. The zero-order valence-corrected chi connectivity index (χ0v) is 16.8. The second-order valence-electron chi connectivity index (χ2n) is 7.42. The summed E-state index contributed by atoms with van der Waals surface area (Å²) in [6.45, 7) is 1.62. The summed E-state index contributed by atoms with van der Waals surface area (Å²) in [4.78, 5) is 40.2. The number of fused-ring (bicyclic) bond motifs is 2. The van der Waals surface area contributed by atoms with E-state index in [-0.39, 0.29) is 18.1 Å². The van der Waals surface area contributed by atoms with Gasteiger partial charge in [0.1, 0.15) is 5.01 Å². The van der Waals surface area contributed by atoms with Crippen LogP contribution in [0, 0.1) is 0 Å². The van der Waals surface area contributed by atoms with E-state index in [1.807, 2.05) is 29.2 Å². The van der Waals surface area contributed by atoms with Gasteiger partial charge in [-0.25, -0.2) is 9.78 Å². The molecule has 0 amide bonds. The third kappa shape index (κ3) is 3.04. The fourth-order valence-electron chi connectivity index (χ4n) is 3.85. The lowest BCUT2D eigenvalue weighted by molar-refractivity contribution is 0.501. The first-order valence-corrected chi connectivity index (χ1v) is 10.4. The second-order valence-corrected chi connectivity index (χ2v) is 8.53. The number of rotatable bonds is 3. The van der Waals surface area contributed by atoms with Crippen LogP contribution in [0.1, 0.15) is 17.8 Å². The molecule has 1 aromatic carbocycles. The summed E-state index contributed by atoms with van der Waals surface area (Å²) in [7, 11) is 1.63. The minimum Gasteiger partial charge on any atom is -0.341 e. The highest BCUT2D eigenvalue weighted by Gasteiger charge is 2.22. The van der Waals surface area contributed by atoms with Gasteiger partial charge in [-0.2, -0.15) is 4.98 Å². The van der Waals surface area contributed by atoms with E-state index in [0.29, 0.717) is 28.7 Å². The summed E-state index contributed by atoms with van der Waals surface area (Å²) in [5, 5.41) is 0.714. The predicted octanol–water partition coefficient (Wildman–Crippen LogP) is 1.01. The van der Waals surface area contributed by atoms with Crippen LogP contribution in [-0.4, -0.2) is 43.2 Å². The van der Waals surface area contributed by atoms with Crippen LogP contribution in [0.3, 0.4) is 0 Å². The number of anilines is 1. The monoisotopic (exact) mass is 411 g/mol. The largest absolute Gasteiger partial charge is 0.341 e. The Hall–Kier alpha value is -2.98. The SMILES string of the molecule is Cn1c(=O)n(Cc2nc3ccccc3s2)c(=O)c2[nH]c(N3CCC[C@@H](N)C3)nc21. The van der Waals surface area contributed by atoms with Crippen LogP contribution in [0.2, 0.25) is 0 Å². The highest BCUT2D eigenvalue weighted by Crippen LogP contribution is 2.22. The van der Waals surface area contributed by atoms with Gasteiger partial charge in [0.2, 0.25) is 5.95 Å². The molecule has 150 valence electrons. The van der Waals surface area contributed by atoms with Gasteiger partial charge in [-0.15, -0.1) is 11.3 Å². The Labute approximate surface area is 169 Å². The number of imidazole rings is 1. The molecule has 9 nitrogen and oxygen atoms in total. The Balaban J connectivity index is 1.59. The maximum atomic E-state index is 13.1. The van der Waals surface area contributed by atoms with Gasteiger partial charge < -0.3 is 15.6 Å². The zero-order chi connectivity index (χ0) is 20.1. The number of para-hydroxylation sites is 1. The minimum absolute atomic E-state index is 0.0801. The smallest absolute Gasteiger partial charge is 0.332 e. The van der Waals surface area contributed by atoms with E-state index >= 15 is 0 Å². The van der Waals surface area contributed by atoms with Gasteiger partial charge in [0, 0.05) is 26.2 Å². The molecule has 1 saturated heterocycles. The van der Waals surface area contributed by atoms with E-state index in [2.05, 4.69) is 15.0 Å². The molecule has 1 atom stereocenters. The number of aromatic amines is 1. The molecule has 4 heterocycles. The number of thiazole rings is 1. The third-order valence-electron chi connectivity index (χ3n) is 5.36. The molecular weight excluding hydrogens is 390 g/mol. The molecule has 5 rings (SSSR count). The zero-order valence-electron chi connectivity index (χ0n) is 16.0. The van der Waals surface area contributed by atoms with Crippen molar-refractivity contribution in [2.45, 2.75) is 25.4 Å². The van der Waals surface area contributed by atoms with Crippen molar-refractivity contribution in [3.05, 3.63) is 50.1 Å². The summed E-state index contributed by atoms with van der Waals surface area (Å²) in [6.07, 6.45) is 1.95. The summed E-state index contributed by atoms with van der Waals surface area (Å²) >= 11 is 1.48. The maximum Gasteiger partial charge on any atom is 0.332 e. The Bertz CT molecular complexity index is 1300. The van der Waals surface area contributed by atoms with Gasteiger partial charge in [0.15, 0.2) is 11.2 Å². The fourth-order valence-corrected chi connectivity index (χ4v) is 4.81. The molecule has 0 unspecified atom stereocenters. The van der Waals surface area contributed by atoms with Crippen molar-refractivity contribution in [1.82, 2.24) is 24.1 Å². The van der Waals surface area contributed by atoms with Crippen molar-refractivity contribution in [3.8, 4) is 0 Å². The highest BCUT2D eigenvalue weighted by atomic mass is 32.1. The average Bonchev–Trinajstić information content (AvgIpc) is 3.34. The number of hydrogen-bond donors (Lipinski definition) is 2. The van der Waals surface area contributed by atoms with Gasteiger partial charge in [0.05, 0.1) is 16.8 Å². The van der Waals surface area contributed by atoms with Crippen molar-refractivity contribution in [1.29, 1.82) is 0 Å². The van der Waals surface area contributed by atoms with Gasteiger partial charge in [-0.1, -0.05) is 12.1 Å². The quantitative estimate of drug-likeness (QED) is 0.520.